The van der Waals surface area contributed by atoms with E-state index >= 15 is 0 Å². The van der Waals surface area contributed by atoms with Crippen LogP contribution in [0, 0.1) is 0 Å². The van der Waals surface area contributed by atoms with Crippen molar-refractivity contribution >= 4 is 304 Å². The summed E-state index contributed by atoms with van der Waals surface area (Å²) in [6, 6.07) is 16.6. The molecule has 2 aromatic carbocycles. The Balaban J connectivity index is -0.0000000598. The smallest absolute Gasteiger partial charge is 0.481 e. The summed E-state index contributed by atoms with van der Waals surface area (Å²) >= 11 is 0. The van der Waals surface area contributed by atoms with E-state index in [0.29, 0.717) is 49.0 Å². The van der Waals surface area contributed by atoms with Gasteiger partial charge in [0.25, 0.3) is 0 Å². The number of benzene rings is 2. The van der Waals surface area contributed by atoms with Crippen molar-refractivity contribution in [3.8, 4) is 0 Å². The van der Waals surface area contributed by atoms with E-state index in [1.165, 1.54) is 167 Å². The zero-order valence-electron chi connectivity index (χ0n) is 58.7. The van der Waals surface area contributed by atoms with Gasteiger partial charge in [-0.05, 0) is 49.9 Å². The van der Waals surface area contributed by atoms with Gasteiger partial charge in [0.1, 0.15) is 0 Å². The molecule has 0 aliphatic carbocycles. The van der Waals surface area contributed by atoms with Crippen LogP contribution in [0.25, 0.3) is 0 Å². The standard InChI is InChI=1S/C18H36O2.C12H24O2.2C8H16O2.2C7H6O2.C4H4O4.C2H2O4.5Ba.4Zn/c1-2-3-4-5-6-7-8-9-10-11-12-13-14-15-16-17-18(19)20;1-2-3-4-5-6-7-8-9-10-11-12(13)14;2*1-2-3-4-5-6-7-8(9)10;2*8-7(9)6-4-2-1-3-5-6;5-3(6)1-2-4(7)8;3-1(4)2(5)6;;;;;;;;;/h2-17H2,1H3,(H,19,20);2-11H2,1H3,(H,13,14);2*2-7H2,1H3,(H,9,10);2*1-5H,(H,8,9);1-2H,(H,5,6)(H,7,8);(H,3,4)(H,5,6);;;;;;;;;/q;;;;;;;;9*+2. The molecule has 10 N–H and O–H groups in total. The van der Waals surface area contributed by atoms with Gasteiger partial charge in [0.05, 0.1) is 11.1 Å². The quantitative estimate of drug-likeness (QED) is 0.0128. The van der Waals surface area contributed by atoms with Gasteiger partial charge in [-0.1, -0.05) is 257 Å². The second-order valence-corrected chi connectivity index (χ2v) is 20.1. The van der Waals surface area contributed by atoms with E-state index in [9.17, 15) is 38.4 Å². The molecular weight excluding hydrogens is 2060 g/mol. The molecule has 29 heteroatoms. The molecule has 0 saturated carbocycles. The van der Waals surface area contributed by atoms with Crippen molar-refractivity contribution in [3.63, 3.8) is 0 Å². The first-order valence-corrected chi connectivity index (χ1v) is 31.0. The van der Waals surface area contributed by atoms with Crippen LogP contribution >= 0.6 is 0 Å². The maximum atomic E-state index is 10.3. The minimum Gasteiger partial charge on any atom is -0.481 e. The molecular formula is C66H110Ba5O20Zn4+18. The molecule has 0 spiro atoms. The minimum atomic E-state index is -1.82. The van der Waals surface area contributed by atoms with Crippen LogP contribution in [0.5, 0.6) is 0 Å². The van der Waals surface area contributed by atoms with Gasteiger partial charge in [-0.3, -0.25) is 19.2 Å². The summed E-state index contributed by atoms with van der Waals surface area (Å²) in [6.45, 7) is 8.80. The Morgan fingerprint density at radius 3 is 0.505 bits per heavy atom. The fourth-order valence-corrected chi connectivity index (χ4v) is 7.30. The van der Waals surface area contributed by atoms with Gasteiger partial charge in [0.2, 0.25) is 0 Å². The molecule has 494 valence electrons. The number of carboxylic acid groups (broad SMARTS) is 10. The molecule has 0 amide bonds. The number of carbonyl (C=O) groups is 10. The summed E-state index contributed by atoms with van der Waals surface area (Å²) < 4.78 is 0. The van der Waals surface area contributed by atoms with Crippen molar-refractivity contribution in [1.29, 1.82) is 0 Å². The molecule has 0 saturated heterocycles. The molecule has 20 nitrogen and oxygen atoms in total. The minimum absolute atomic E-state index is 0. The van der Waals surface area contributed by atoms with Crippen LogP contribution in [0.3, 0.4) is 0 Å². The summed E-state index contributed by atoms with van der Waals surface area (Å²) in [7, 11) is 0. The fourth-order valence-electron chi connectivity index (χ4n) is 7.30. The van der Waals surface area contributed by atoms with Crippen LogP contribution in [0.1, 0.15) is 292 Å². The van der Waals surface area contributed by atoms with Gasteiger partial charge >= 0.3 is 382 Å². The molecule has 0 unspecified atom stereocenters. The van der Waals surface area contributed by atoms with Crippen LogP contribution in [0.2, 0.25) is 0 Å². The Morgan fingerprint density at radius 2 is 0.400 bits per heavy atom. The second-order valence-electron chi connectivity index (χ2n) is 20.1. The van der Waals surface area contributed by atoms with Crippen molar-refractivity contribution in [1.82, 2.24) is 0 Å². The first-order valence-electron chi connectivity index (χ1n) is 31.0. The number of rotatable bonds is 42. The molecule has 0 heterocycles. The molecule has 0 aliphatic rings. The summed E-state index contributed by atoms with van der Waals surface area (Å²) in [6.07, 6.45) is 44.6. The monoisotopic (exact) mass is 2170 g/mol. The van der Waals surface area contributed by atoms with Crippen molar-refractivity contribution in [2.75, 3.05) is 0 Å². The van der Waals surface area contributed by atoms with E-state index in [4.69, 9.17) is 60.7 Å². The van der Waals surface area contributed by atoms with Crippen LogP contribution < -0.4 is 0 Å². The molecule has 0 aromatic heterocycles. The molecule has 0 fully saturated rings. The summed E-state index contributed by atoms with van der Waals surface area (Å²) in [5.41, 5.74) is 0.662. The third kappa shape index (κ3) is 144. The van der Waals surface area contributed by atoms with Crippen LogP contribution in [-0.4, -0.2) is 355 Å². The first-order chi connectivity index (χ1) is 41.0. The van der Waals surface area contributed by atoms with Gasteiger partial charge in [-0.25, -0.2) is 28.8 Å². The Labute approximate surface area is 821 Å². The van der Waals surface area contributed by atoms with Gasteiger partial charge < -0.3 is 51.1 Å². The van der Waals surface area contributed by atoms with Crippen molar-refractivity contribution in [3.05, 3.63) is 83.9 Å². The maximum Gasteiger partial charge on any atom is 2.00 e. The van der Waals surface area contributed by atoms with Crippen molar-refractivity contribution in [2.45, 2.75) is 272 Å². The predicted octanol–water partition coefficient (Wildman–Crippen LogP) is 14.9. The first kappa shape index (κ1) is 134. The fraction of sp³-hybridized carbons (Fsp3) is 0.636. The summed E-state index contributed by atoms with van der Waals surface area (Å²) in [5, 5.41) is 80.6. The number of aromatic carboxylic acids is 2. The zero-order chi connectivity index (χ0) is 66.3. The largest absolute Gasteiger partial charge is 2.00 e. The Kier molecular flexibility index (Phi) is 160. The second kappa shape index (κ2) is 113. The average molecular weight is 2170 g/mol. The van der Waals surface area contributed by atoms with Gasteiger partial charge in [0, 0.05) is 37.8 Å². The van der Waals surface area contributed by atoms with E-state index in [0.717, 1.165) is 51.4 Å². The molecule has 2 rings (SSSR count). The van der Waals surface area contributed by atoms with E-state index in [2.05, 4.69) is 27.7 Å². The third-order valence-corrected chi connectivity index (χ3v) is 12.1. The number of aliphatic carboxylic acids is 8. The van der Waals surface area contributed by atoms with Gasteiger partial charge in [0.15, 0.2) is 0 Å². The normalized spacial score (nSPS) is 8.80. The molecule has 2 aromatic rings. The van der Waals surface area contributed by atoms with Crippen LogP contribution in [0.4, 0.5) is 0 Å². The van der Waals surface area contributed by atoms with Crippen LogP contribution in [0.15, 0.2) is 72.8 Å². The number of carboxylic acids is 10. The van der Waals surface area contributed by atoms with Crippen molar-refractivity contribution in [2.24, 2.45) is 0 Å². The molecule has 0 bridgehead atoms. The van der Waals surface area contributed by atoms with Crippen LogP contribution in [-0.2, 0) is 116 Å². The van der Waals surface area contributed by atoms with Crippen molar-refractivity contribution < 1.29 is 177 Å². The van der Waals surface area contributed by atoms with Gasteiger partial charge in [-0.2, -0.15) is 0 Å². The Morgan fingerprint density at radius 1 is 0.253 bits per heavy atom. The average Bonchev–Trinajstić information content (AvgIpc) is 3.69. The number of hydrogen-bond donors (Lipinski definition) is 10. The topological polar surface area (TPSA) is 373 Å². The predicted molar refractivity (Wildman–Crippen MR) is 364 cm³/mol. The molecule has 0 radical (unpaired) electrons. The zero-order valence-corrected chi connectivity index (χ0v) is 92.8. The Bertz CT molecular complexity index is 1920. The Hall–Kier alpha value is 3.23. The molecule has 0 aliphatic heterocycles. The third-order valence-electron chi connectivity index (χ3n) is 12.1. The number of hydrogen-bond acceptors (Lipinski definition) is 10. The summed E-state index contributed by atoms with van der Waals surface area (Å²) in [5.74, 6) is -10.6. The SMILES string of the molecule is CCCCCCCC(=O)O.CCCCCCCC(=O)O.CCCCCCCCCCCC(=O)O.CCCCCCCCCCCCCCCCCC(=O)O.O=C(O)C(=O)O.O=C(O)C=CC(=O)O.O=C(O)c1ccccc1.O=C(O)c1ccccc1.[Ba+2].[Ba+2].[Ba+2].[Ba+2].[Ba+2].[Zn+2].[Zn+2].[Zn+2].[Zn+2]. The van der Waals surface area contributed by atoms with E-state index in [-0.39, 0.29) is 322 Å². The van der Waals surface area contributed by atoms with Gasteiger partial charge in [-0.15, -0.1) is 0 Å². The van der Waals surface area contributed by atoms with E-state index in [1.54, 1.807) is 60.7 Å². The number of unbranched alkanes of at least 4 members (excludes halogenated alkanes) is 30. The summed E-state index contributed by atoms with van der Waals surface area (Å²) in [4.78, 5) is 98.3. The molecule has 0 atom stereocenters. The maximum absolute atomic E-state index is 10.3. The van der Waals surface area contributed by atoms with E-state index in [1.807, 2.05) is 0 Å². The van der Waals surface area contributed by atoms with E-state index < -0.39 is 59.7 Å². The molecule has 95 heavy (non-hydrogen) atoms.